The molecule has 0 radical (unpaired) electrons. The number of rotatable bonds is 3. The molecule has 0 fully saturated rings. The van der Waals surface area contributed by atoms with E-state index in [1.807, 2.05) is 26.0 Å². The van der Waals surface area contributed by atoms with Crippen LogP contribution in [0.3, 0.4) is 0 Å². The fourth-order valence-corrected chi connectivity index (χ4v) is 2.01. The van der Waals surface area contributed by atoms with Gasteiger partial charge in [-0.25, -0.2) is 4.68 Å². The zero-order valence-electron chi connectivity index (χ0n) is 11.3. The lowest BCUT2D eigenvalue weighted by Crippen LogP contribution is -2.18. The van der Waals surface area contributed by atoms with Crippen LogP contribution in [0, 0.1) is 6.92 Å². The van der Waals surface area contributed by atoms with E-state index >= 15 is 0 Å². The lowest BCUT2D eigenvalue weighted by molar-refractivity contribution is -0.137. The first-order chi connectivity index (χ1) is 9.27. The van der Waals surface area contributed by atoms with Gasteiger partial charge in [-0.1, -0.05) is 6.07 Å². The topological polar surface area (TPSA) is 43.8 Å². The third kappa shape index (κ3) is 3.19. The van der Waals surface area contributed by atoms with E-state index in [-0.39, 0.29) is 6.04 Å². The van der Waals surface area contributed by atoms with Crippen LogP contribution < -0.4 is 5.73 Å². The van der Waals surface area contributed by atoms with Crippen molar-refractivity contribution >= 4 is 0 Å². The molecular weight excluding hydrogens is 267 g/mol. The largest absolute Gasteiger partial charge is 0.419 e. The van der Waals surface area contributed by atoms with Crippen LogP contribution in [0.4, 0.5) is 13.2 Å². The lowest BCUT2D eigenvalue weighted by Gasteiger charge is -2.10. The first kappa shape index (κ1) is 14.6. The maximum Gasteiger partial charge on any atom is 0.419 e. The molecule has 2 N–H and O–H groups in total. The van der Waals surface area contributed by atoms with Gasteiger partial charge in [-0.15, -0.1) is 0 Å². The van der Waals surface area contributed by atoms with E-state index in [1.165, 1.54) is 4.68 Å². The van der Waals surface area contributed by atoms with E-state index < -0.39 is 11.7 Å². The summed E-state index contributed by atoms with van der Waals surface area (Å²) in [5.74, 6) is 0. The lowest BCUT2D eigenvalue weighted by atomic mass is 10.0. The Morgan fingerprint density at radius 1 is 1.35 bits per heavy atom. The maximum atomic E-state index is 12.5. The monoisotopic (exact) mass is 283 g/mol. The van der Waals surface area contributed by atoms with Crippen LogP contribution in [0.25, 0.3) is 5.69 Å². The minimum absolute atomic E-state index is 0.0427. The van der Waals surface area contributed by atoms with Gasteiger partial charge >= 0.3 is 6.18 Å². The van der Waals surface area contributed by atoms with E-state index in [2.05, 4.69) is 5.10 Å². The van der Waals surface area contributed by atoms with Gasteiger partial charge in [0.2, 0.25) is 0 Å². The molecule has 0 aliphatic carbocycles. The number of aryl methyl sites for hydroxylation is 1. The summed E-state index contributed by atoms with van der Waals surface area (Å²) in [7, 11) is 0. The molecule has 0 saturated heterocycles. The van der Waals surface area contributed by atoms with Crippen LogP contribution in [-0.4, -0.2) is 15.8 Å². The number of benzene rings is 1. The number of nitrogens with zero attached hydrogens (tertiary/aromatic N) is 2. The number of hydrogen-bond donors (Lipinski definition) is 1. The van der Waals surface area contributed by atoms with Crippen molar-refractivity contribution in [2.45, 2.75) is 32.5 Å². The highest BCUT2D eigenvalue weighted by atomic mass is 19.4. The standard InChI is InChI=1S/C14H16F3N3/c1-9-5-13(4-3-11(9)6-10(2)18)20-8-12(7-19-20)14(15,16)17/h3-5,7-8,10H,6,18H2,1-2H3. The normalized spacial score (nSPS) is 13.5. The Bertz CT molecular complexity index is 600. The second-order valence-corrected chi connectivity index (χ2v) is 4.96. The van der Waals surface area contributed by atoms with E-state index in [9.17, 15) is 13.2 Å². The zero-order chi connectivity index (χ0) is 14.9. The molecule has 0 amide bonds. The average molecular weight is 283 g/mol. The predicted octanol–water partition coefficient (Wildman–Crippen LogP) is 3.09. The van der Waals surface area contributed by atoms with Crippen molar-refractivity contribution in [2.24, 2.45) is 5.73 Å². The van der Waals surface area contributed by atoms with E-state index in [0.29, 0.717) is 5.69 Å². The molecule has 108 valence electrons. The number of halogens is 3. The van der Waals surface area contributed by atoms with Crippen molar-refractivity contribution in [1.29, 1.82) is 0 Å². The highest BCUT2D eigenvalue weighted by Gasteiger charge is 2.32. The maximum absolute atomic E-state index is 12.5. The van der Waals surface area contributed by atoms with Crippen molar-refractivity contribution in [3.8, 4) is 5.69 Å². The summed E-state index contributed by atoms with van der Waals surface area (Å²) >= 11 is 0. The summed E-state index contributed by atoms with van der Waals surface area (Å²) in [5.41, 5.74) is 7.68. The number of alkyl halides is 3. The molecule has 1 unspecified atom stereocenters. The quantitative estimate of drug-likeness (QED) is 0.940. The first-order valence-electron chi connectivity index (χ1n) is 6.24. The molecule has 20 heavy (non-hydrogen) atoms. The second kappa shape index (κ2) is 5.28. The molecule has 1 aromatic heterocycles. The Balaban J connectivity index is 2.30. The van der Waals surface area contributed by atoms with Crippen LogP contribution in [0.2, 0.25) is 0 Å². The smallest absolute Gasteiger partial charge is 0.328 e. The van der Waals surface area contributed by atoms with Gasteiger partial charge in [0, 0.05) is 12.2 Å². The van der Waals surface area contributed by atoms with Gasteiger partial charge in [0.15, 0.2) is 0 Å². The fourth-order valence-electron chi connectivity index (χ4n) is 2.01. The summed E-state index contributed by atoms with van der Waals surface area (Å²) in [5, 5.41) is 3.76. The number of aromatic nitrogens is 2. The number of hydrogen-bond acceptors (Lipinski definition) is 2. The average Bonchev–Trinajstić information content (AvgIpc) is 2.80. The zero-order valence-corrected chi connectivity index (χ0v) is 11.3. The van der Waals surface area contributed by atoms with Crippen molar-refractivity contribution in [3.63, 3.8) is 0 Å². The fraction of sp³-hybridized carbons (Fsp3) is 0.357. The Morgan fingerprint density at radius 2 is 2.05 bits per heavy atom. The van der Waals surface area contributed by atoms with Gasteiger partial charge in [0.25, 0.3) is 0 Å². The van der Waals surface area contributed by atoms with Crippen molar-refractivity contribution in [1.82, 2.24) is 9.78 Å². The van der Waals surface area contributed by atoms with Crippen LogP contribution in [-0.2, 0) is 12.6 Å². The van der Waals surface area contributed by atoms with Crippen molar-refractivity contribution < 1.29 is 13.2 Å². The van der Waals surface area contributed by atoms with Crippen LogP contribution in [0.15, 0.2) is 30.6 Å². The summed E-state index contributed by atoms with van der Waals surface area (Å²) in [6, 6.07) is 5.48. The molecule has 0 saturated carbocycles. The Labute approximate surface area is 115 Å². The molecule has 2 rings (SSSR count). The van der Waals surface area contributed by atoms with Gasteiger partial charge in [0.05, 0.1) is 17.4 Å². The highest BCUT2D eigenvalue weighted by molar-refractivity contribution is 5.40. The molecule has 0 bridgehead atoms. The highest BCUT2D eigenvalue weighted by Crippen LogP contribution is 2.29. The minimum Gasteiger partial charge on any atom is -0.328 e. The third-order valence-corrected chi connectivity index (χ3v) is 3.04. The molecule has 1 heterocycles. The molecule has 3 nitrogen and oxygen atoms in total. The molecule has 6 heteroatoms. The summed E-state index contributed by atoms with van der Waals surface area (Å²) < 4.78 is 38.8. The van der Waals surface area contributed by atoms with Crippen LogP contribution in [0.1, 0.15) is 23.6 Å². The molecule has 0 spiro atoms. The van der Waals surface area contributed by atoms with Crippen molar-refractivity contribution in [2.75, 3.05) is 0 Å². The van der Waals surface area contributed by atoms with Gasteiger partial charge in [0.1, 0.15) is 0 Å². The van der Waals surface area contributed by atoms with Crippen LogP contribution in [0.5, 0.6) is 0 Å². The molecule has 2 aromatic rings. The van der Waals surface area contributed by atoms with E-state index in [0.717, 1.165) is 29.9 Å². The van der Waals surface area contributed by atoms with Gasteiger partial charge in [-0.05, 0) is 43.5 Å². The van der Waals surface area contributed by atoms with Gasteiger partial charge in [-0.2, -0.15) is 18.3 Å². The SMILES string of the molecule is Cc1cc(-n2cc(C(F)(F)F)cn2)ccc1CC(C)N. The summed E-state index contributed by atoms with van der Waals surface area (Å²) in [4.78, 5) is 0. The molecular formula is C14H16F3N3. The summed E-state index contributed by atoms with van der Waals surface area (Å²) in [6.07, 6.45) is -1.83. The minimum atomic E-state index is -4.37. The van der Waals surface area contributed by atoms with Gasteiger partial charge < -0.3 is 5.73 Å². The molecule has 0 aliphatic rings. The van der Waals surface area contributed by atoms with Crippen LogP contribution >= 0.6 is 0 Å². The number of nitrogens with two attached hydrogens (primary N) is 1. The van der Waals surface area contributed by atoms with E-state index in [4.69, 9.17) is 5.73 Å². The Hall–Kier alpha value is -1.82. The molecule has 1 atom stereocenters. The Morgan fingerprint density at radius 3 is 2.55 bits per heavy atom. The first-order valence-corrected chi connectivity index (χ1v) is 6.24. The predicted molar refractivity (Wildman–Crippen MR) is 70.7 cm³/mol. The van der Waals surface area contributed by atoms with Crippen molar-refractivity contribution in [3.05, 3.63) is 47.3 Å². The van der Waals surface area contributed by atoms with Gasteiger partial charge in [-0.3, -0.25) is 0 Å². The third-order valence-electron chi connectivity index (χ3n) is 3.04. The summed E-state index contributed by atoms with van der Waals surface area (Å²) in [6.45, 7) is 3.83. The second-order valence-electron chi connectivity index (χ2n) is 4.96. The molecule has 1 aromatic carbocycles. The Kier molecular flexibility index (Phi) is 3.85. The van der Waals surface area contributed by atoms with E-state index in [1.54, 1.807) is 6.07 Å². The molecule has 0 aliphatic heterocycles.